The summed E-state index contributed by atoms with van der Waals surface area (Å²) in [5, 5.41) is 25.3. The second-order valence-electron chi connectivity index (χ2n) is 5.26. The maximum Gasteiger partial charge on any atom is 0.289 e. The van der Waals surface area contributed by atoms with Gasteiger partial charge in [0.1, 0.15) is 16.7 Å². The SMILES string of the molecule is COc1ccc(N/C=C(/C#N)C(=O)Nc2ccc(Cl)c([N+](=O)[O-])c2)cc1OC. The van der Waals surface area contributed by atoms with Gasteiger partial charge in [-0.2, -0.15) is 5.26 Å². The van der Waals surface area contributed by atoms with E-state index in [1.54, 1.807) is 24.3 Å². The first-order chi connectivity index (χ1) is 13.4. The van der Waals surface area contributed by atoms with E-state index in [2.05, 4.69) is 10.6 Å². The van der Waals surface area contributed by atoms with Crippen LogP contribution in [0.25, 0.3) is 0 Å². The summed E-state index contributed by atoms with van der Waals surface area (Å²) in [6.07, 6.45) is 1.21. The molecule has 0 heterocycles. The van der Waals surface area contributed by atoms with E-state index in [9.17, 15) is 20.2 Å². The summed E-state index contributed by atoms with van der Waals surface area (Å²) in [7, 11) is 2.99. The van der Waals surface area contributed by atoms with Gasteiger partial charge in [-0.3, -0.25) is 14.9 Å². The first-order valence-electron chi connectivity index (χ1n) is 7.73. The Hall–Kier alpha value is -3.77. The van der Waals surface area contributed by atoms with Crippen molar-refractivity contribution in [2.24, 2.45) is 0 Å². The number of nitro benzene ring substituents is 1. The van der Waals surface area contributed by atoms with Crippen LogP contribution in [0.2, 0.25) is 5.02 Å². The molecule has 0 unspecified atom stereocenters. The zero-order valence-corrected chi connectivity index (χ0v) is 15.6. The Bertz CT molecular complexity index is 984. The average Bonchev–Trinajstić information content (AvgIpc) is 2.69. The molecule has 9 nitrogen and oxygen atoms in total. The topological polar surface area (TPSA) is 127 Å². The summed E-state index contributed by atoms with van der Waals surface area (Å²) >= 11 is 5.73. The Labute approximate surface area is 165 Å². The lowest BCUT2D eigenvalue weighted by atomic mass is 10.2. The Morgan fingerprint density at radius 1 is 1.18 bits per heavy atom. The van der Waals surface area contributed by atoms with Crippen molar-refractivity contribution in [2.45, 2.75) is 0 Å². The van der Waals surface area contributed by atoms with Crippen molar-refractivity contribution in [2.75, 3.05) is 24.9 Å². The molecule has 2 aromatic carbocycles. The molecule has 0 aliphatic carbocycles. The van der Waals surface area contributed by atoms with E-state index in [-0.39, 0.29) is 22.0 Å². The number of amides is 1. The highest BCUT2D eigenvalue weighted by Crippen LogP contribution is 2.30. The third kappa shape index (κ3) is 4.90. The van der Waals surface area contributed by atoms with Crippen LogP contribution in [0, 0.1) is 21.4 Å². The standard InChI is InChI=1S/C18H15ClN4O5/c1-27-16-6-4-12(8-17(16)28-2)21-10-11(9-20)18(24)22-13-3-5-14(19)15(7-13)23(25)26/h3-8,10,21H,1-2H3,(H,22,24)/b11-10-. The minimum Gasteiger partial charge on any atom is -0.493 e. The molecule has 28 heavy (non-hydrogen) atoms. The lowest BCUT2D eigenvalue weighted by Crippen LogP contribution is -2.14. The van der Waals surface area contributed by atoms with E-state index in [1.807, 2.05) is 0 Å². The monoisotopic (exact) mass is 402 g/mol. The molecule has 0 aliphatic rings. The Balaban J connectivity index is 2.16. The molecule has 0 fully saturated rings. The van der Waals surface area contributed by atoms with Gasteiger partial charge >= 0.3 is 0 Å². The van der Waals surface area contributed by atoms with Gasteiger partial charge in [0.05, 0.1) is 19.1 Å². The quantitative estimate of drug-likeness (QED) is 0.312. The molecule has 144 valence electrons. The number of benzene rings is 2. The summed E-state index contributed by atoms with van der Waals surface area (Å²) in [6, 6.07) is 10.5. The lowest BCUT2D eigenvalue weighted by Gasteiger charge is -2.10. The summed E-state index contributed by atoms with van der Waals surface area (Å²) < 4.78 is 10.3. The van der Waals surface area contributed by atoms with Gasteiger partial charge in [0.15, 0.2) is 11.5 Å². The molecule has 0 spiro atoms. The van der Waals surface area contributed by atoms with Crippen LogP contribution in [-0.2, 0) is 4.79 Å². The molecule has 1 amide bonds. The van der Waals surface area contributed by atoms with Gasteiger partial charge in [0.25, 0.3) is 11.6 Å². The molecule has 0 aliphatic heterocycles. The highest BCUT2D eigenvalue weighted by Gasteiger charge is 2.15. The molecule has 0 saturated carbocycles. The number of nitrogens with one attached hydrogen (secondary N) is 2. The van der Waals surface area contributed by atoms with E-state index in [1.165, 1.54) is 32.6 Å². The van der Waals surface area contributed by atoms with Crippen LogP contribution in [0.15, 0.2) is 48.2 Å². The molecule has 0 bridgehead atoms. The second kappa shape index (κ2) is 9.25. The first-order valence-corrected chi connectivity index (χ1v) is 8.11. The van der Waals surface area contributed by atoms with Gasteiger partial charge in [-0.25, -0.2) is 0 Å². The fraction of sp³-hybridized carbons (Fsp3) is 0.111. The fourth-order valence-corrected chi connectivity index (χ4v) is 2.35. The number of hydrogen-bond donors (Lipinski definition) is 2. The van der Waals surface area contributed by atoms with E-state index >= 15 is 0 Å². The third-order valence-electron chi connectivity index (χ3n) is 3.53. The number of nitro groups is 1. The average molecular weight is 403 g/mol. The highest BCUT2D eigenvalue weighted by molar-refractivity contribution is 6.32. The number of carbonyl (C=O) groups excluding carboxylic acids is 1. The number of methoxy groups -OCH3 is 2. The number of anilines is 2. The van der Waals surface area contributed by atoms with Crippen molar-refractivity contribution in [1.82, 2.24) is 0 Å². The van der Waals surface area contributed by atoms with Gasteiger partial charge in [-0.05, 0) is 24.3 Å². The molecule has 0 radical (unpaired) electrons. The van der Waals surface area contributed by atoms with E-state index in [0.717, 1.165) is 6.07 Å². The van der Waals surface area contributed by atoms with Gasteiger partial charge in [-0.15, -0.1) is 0 Å². The molecule has 0 aromatic heterocycles. The maximum atomic E-state index is 12.3. The number of halogens is 1. The van der Waals surface area contributed by atoms with Crippen LogP contribution in [-0.4, -0.2) is 25.1 Å². The minimum absolute atomic E-state index is 0.0610. The van der Waals surface area contributed by atoms with Crippen molar-refractivity contribution >= 4 is 34.6 Å². The second-order valence-corrected chi connectivity index (χ2v) is 5.67. The fourth-order valence-electron chi connectivity index (χ4n) is 2.16. The molecule has 0 saturated heterocycles. The van der Waals surface area contributed by atoms with Crippen molar-refractivity contribution in [1.29, 1.82) is 5.26 Å². The van der Waals surface area contributed by atoms with Crippen LogP contribution in [0.4, 0.5) is 17.1 Å². The molecule has 0 atom stereocenters. The lowest BCUT2D eigenvalue weighted by molar-refractivity contribution is -0.384. The van der Waals surface area contributed by atoms with Crippen molar-refractivity contribution in [3.8, 4) is 17.6 Å². The molecule has 2 N–H and O–H groups in total. The van der Waals surface area contributed by atoms with E-state index in [0.29, 0.717) is 17.2 Å². The van der Waals surface area contributed by atoms with Crippen LogP contribution in [0.1, 0.15) is 0 Å². The number of carbonyl (C=O) groups is 1. The predicted octanol–water partition coefficient (Wildman–Crippen LogP) is 3.72. The Morgan fingerprint density at radius 2 is 1.86 bits per heavy atom. The number of nitrogens with zero attached hydrogens (tertiary/aromatic N) is 2. The van der Waals surface area contributed by atoms with E-state index < -0.39 is 10.8 Å². The number of hydrogen-bond acceptors (Lipinski definition) is 7. The highest BCUT2D eigenvalue weighted by atomic mass is 35.5. The molecular weight excluding hydrogens is 388 g/mol. The van der Waals surface area contributed by atoms with Gasteiger partial charge in [-0.1, -0.05) is 11.6 Å². The normalized spacial score (nSPS) is 10.6. The van der Waals surface area contributed by atoms with Gasteiger partial charge in [0, 0.05) is 29.7 Å². The number of nitriles is 1. The summed E-state index contributed by atoms with van der Waals surface area (Å²) in [6.45, 7) is 0. The third-order valence-corrected chi connectivity index (χ3v) is 3.85. The first kappa shape index (κ1) is 20.5. The zero-order chi connectivity index (χ0) is 20.7. The zero-order valence-electron chi connectivity index (χ0n) is 14.9. The Morgan fingerprint density at radius 3 is 2.46 bits per heavy atom. The number of ether oxygens (including phenoxy) is 2. The molecule has 10 heteroatoms. The molecular formula is C18H15ClN4O5. The van der Waals surface area contributed by atoms with Crippen molar-refractivity contribution in [3.63, 3.8) is 0 Å². The van der Waals surface area contributed by atoms with Gasteiger partial charge in [0.2, 0.25) is 0 Å². The summed E-state index contributed by atoms with van der Waals surface area (Å²) in [5.41, 5.74) is 0.0893. The van der Waals surface area contributed by atoms with Gasteiger partial charge < -0.3 is 20.1 Å². The predicted molar refractivity (Wildman–Crippen MR) is 104 cm³/mol. The Kier molecular flexibility index (Phi) is 6.79. The largest absolute Gasteiger partial charge is 0.493 e. The molecule has 2 aromatic rings. The van der Waals surface area contributed by atoms with Crippen LogP contribution in [0.5, 0.6) is 11.5 Å². The maximum absolute atomic E-state index is 12.3. The molecule has 2 rings (SSSR count). The minimum atomic E-state index is -0.743. The van der Waals surface area contributed by atoms with Crippen molar-refractivity contribution in [3.05, 3.63) is 63.3 Å². The smallest absolute Gasteiger partial charge is 0.289 e. The van der Waals surface area contributed by atoms with Crippen LogP contribution in [0.3, 0.4) is 0 Å². The van der Waals surface area contributed by atoms with Crippen LogP contribution < -0.4 is 20.1 Å². The number of rotatable bonds is 7. The van der Waals surface area contributed by atoms with E-state index in [4.69, 9.17) is 21.1 Å². The van der Waals surface area contributed by atoms with Crippen LogP contribution >= 0.6 is 11.6 Å². The summed E-state index contributed by atoms with van der Waals surface area (Å²) in [4.78, 5) is 22.5. The van der Waals surface area contributed by atoms with Crippen molar-refractivity contribution < 1.29 is 19.2 Å². The summed E-state index contributed by atoms with van der Waals surface area (Å²) in [5.74, 6) is 0.254.